The number of amides is 1. The molecule has 38 heavy (non-hydrogen) atoms. The van der Waals surface area contributed by atoms with E-state index in [4.69, 9.17) is 4.98 Å². The number of unbranched alkanes of at least 4 members (excludes halogenated alkanes) is 1. The van der Waals surface area contributed by atoms with Gasteiger partial charge < -0.3 is 15.0 Å². The van der Waals surface area contributed by atoms with Gasteiger partial charge in [-0.05, 0) is 54.0 Å². The van der Waals surface area contributed by atoms with Gasteiger partial charge in [0.2, 0.25) is 5.91 Å². The van der Waals surface area contributed by atoms with Gasteiger partial charge in [0.15, 0.2) is 0 Å². The molecule has 2 atom stereocenters. The van der Waals surface area contributed by atoms with Crippen LogP contribution in [0.3, 0.4) is 0 Å². The van der Waals surface area contributed by atoms with Crippen molar-refractivity contribution in [1.29, 1.82) is 0 Å². The molecule has 1 aliphatic rings. The Morgan fingerprint density at radius 3 is 2.39 bits per heavy atom. The molecule has 1 fully saturated rings. The second kappa shape index (κ2) is 12.4. The second-order valence-electron chi connectivity index (χ2n) is 10.6. The monoisotopic (exact) mass is 509 g/mol. The average Bonchev–Trinajstić information content (AvgIpc) is 3.60. The largest absolute Gasteiger partial charge is 0.394 e. The van der Waals surface area contributed by atoms with Gasteiger partial charge in [-0.3, -0.25) is 4.79 Å². The summed E-state index contributed by atoms with van der Waals surface area (Å²) < 4.78 is 2.34. The number of aliphatic hydroxyl groups is 1. The van der Waals surface area contributed by atoms with Crippen LogP contribution in [-0.4, -0.2) is 27.2 Å². The van der Waals surface area contributed by atoms with Crippen LogP contribution < -0.4 is 5.32 Å². The molecule has 3 aromatic carbocycles. The highest BCUT2D eigenvalue weighted by atomic mass is 16.3. The van der Waals surface area contributed by atoms with Gasteiger partial charge in [0.1, 0.15) is 5.82 Å². The van der Waals surface area contributed by atoms with Gasteiger partial charge in [0.25, 0.3) is 0 Å². The number of imidazole rings is 1. The number of nitrogens with zero attached hydrogens (tertiary/aromatic N) is 2. The smallest absolute Gasteiger partial charge is 0.228 e. The van der Waals surface area contributed by atoms with Crippen molar-refractivity contribution in [3.05, 3.63) is 101 Å². The van der Waals surface area contributed by atoms with Crippen molar-refractivity contribution in [2.75, 3.05) is 6.61 Å². The normalized spacial score (nSPS) is 15.5. The summed E-state index contributed by atoms with van der Waals surface area (Å²) in [6.45, 7) is 2.86. The third-order valence-electron chi connectivity index (χ3n) is 8.02. The van der Waals surface area contributed by atoms with E-state index in [0.717, 1.165) is 61.1 Å². The molecule has 1 saturated carbocycles. The SMILES string of the molecule is CCCCc1nc2ccccc2n1Cc1ccc(C(C(=O)N[C@@H](CO)c2ccccc2)C2CCCC2)cc1. The van der Waals surface area contributed by atoms with Crippen LogP contribution in [-0.2, 0) is 17.8 Å². The summed E-state index contributed by atoms with van der Waals surface area (Å²) >= 11 is 0. The Hall–Kier alpha value is -3.44. The van der Waals surface area contributed by atoms with E-state index in [1.807, 2.05) is 36.4 Å². The first-order valence-corrected chi connectivity index (χ1v) is 14.2. The lowest BCUT2D eigenvalue weighted by molar-refractivity contribution is -0.124. The van der Waals surface area contributed by atoms with Gasteiger partial charge in [-0.1, -0.05) is 92.9 Å². The molecule has 1 aliphatic carbocycles. The third kappa shape index (κ3) is 5.83. The summed E-state index contributed by atoms with van der Waals surface area (Å²) in [6.07, 6.45) is 7.71. The zero-order chi connectivity index (χ0) is 26.3. The first kappa shape index (κ1) is 26.2. The Morgan fingerprint density at radius 2 is 1.68 bits per heavy atom. The Kier molecular flexibility index (Phi) is 8.54. The Morgan fingerprint density at radius 1 is 0.974 bits per heavy atom. The van der Waals surface area contributed by atoms with Crippen molar-refractivity contribution in [2.45, 2.75) is 70.4 Å². The zero-order valence-corrected chi connectivity index (χ0v) is 22.4. The molecule has 0 spiro atoms. The van der Waals surface area contributed by atoms with Crippen LogP contribution in [0, 0.1) is 5.92 Å². The van der Waals surface area contributed by atoms with E-state index in [1.165, 1.54) is 23.9 Å². The number of hydrogen-bond acceptors (Lipinski definition) is 3. The summed E-state index contributed by atoms with van der Waals surface area (Å²) in [7, 11) is 0. The first-order valence-electron chi connectivity index (χ1n) is 14.2. The average molecular weight is 510 g/mol. The van der Waals surface area contributed by atoms with E-state index in [9.17, 15) is 9.90 Å². The molecule has 0 bridgehead atoms. The number of fused-ring (bicyclic) bond motifs is 1. The fraction of sp³-hybridized carbons (Fsp3) is 0.394. The molecule has 2 N–H and O–H groups in total. The number of aryl methyl sites for hydroxylation is 1. The van der Waals surface area contributed by atoms with E-state index in [-0.39, 0.29) is 18.4 Å². The van der Waals surface area contributed by atoms with Crippen molar-refractivity contribution < 1.29 is 9.90 Å². The Balaban J connectivity index is 1.38. The van der Waals surface area contributed by atoms with E-state index >= 15 is 0 Å². The third-order valence-corrected chi connectivity index (χ3v) is 8.02. The molecule has 0 aliphatic heterocycles. The van der Waals surface area contributed by atoms with Gasteiger partial charge in [-0.2, -0.15) is 0 Å². The van der Waals surface area contributed by atoms with Crippen LogP contribution in [0.1, 0.15) is 79.9 Å². The lowest BCUT2D eigenvalue weighted by Gasteiger charge is -2.26. The predicted molar refractivity (Wildman–Crippen MR) is 153 cm³/mol. The highest BCUT2D eigenvalue weighted by Gasteiger charge is 2.33. The standard InChI is InChI=1S/C33H39N3O2/c1-2-3-17-31-34-28-15-9-10-16-30(28)36(31)22-24-18-20-27(21-19-24)32(26-13-7-8-14-26)33(38)35-29(23-37)25-11-5-4-6-12-25/h4-6,9-12,15-16,18-21,26,29,32,37H,2-3,7-8,13-14,17,22-23H2,1H3,(H,35,38)/t29-,32?/m0/s1. The topological polar surface area (TPSA) is 67.2 Å². The molecular formula is C33H39N3O2. The number of aromatic nitrogens is 2. The van der Waals surface area contributed by atoms with Gasteiger partial charge >= 0.3 is 0 Å². The molecule has 4 aromatic rings. The quantitative estimate of drug-likeness (QED) is 0.241. The van der Waals surface area contributed by atoms with E-state index in [0.29, 0.717) is 5.92 Å². The van der Waals surface area contributed by atoms with Crippen LogP contribution in [0.5, 0.6) is 0 Å². The zero-order valence-electron chi connectivity index (χ0n) is 22.4. The number of para-hydroxylation sites is 2. The minimum absolute atomic E-state index is 0.00927. The molecule has 5 rings (SSSR count). The van der Waals surface area contributed by atoms with Crippen LogP contribution in [0.4, 0.5) is 0 Å². The molecular weight excluding hydrogens is 470 g/mol. The maximum Gasteiger partial charge on any atom is 0.228 e. The van der Waals surface area contributed by atoms with Gasteiger partial charge in [0.05, 0.1) is 29.6 Å². The van der Waals surface area contributed by atoms with E-state index < -0.39 is 6.04 Å². The van der Waals surface area contributed by atoms with Gasteiger partial charge in [-0.25, -0.2) is 4.98 Å². The summed E-state index contributed by atoms with van der Waals surface area (Å²) in [4.78, 5) is 18.6. The maximum absolute atomic E-state index is 13.7. The number of carbonyl (C=O) groups excluding carboxylic acids is 1. The van der Waals surface area contributed by atoms with Gasteiger partial charge in [0, 0.05) is 13.0 Å². The molecule has 0 radical (unpaired) electrons. The van der Waals surface area contributed by atoms with Crippen molar-refractivity contribution in [2.24, 2.45) is 5.92 Å². The highest BCUT2D eigenvalue weighted by molar-refractivity contribution is 5.84. The van der Waals surface area contributed by atoms with E-state index in [2.05, 4.69) is 59.3 Å². The molecule has 198 valence electrons. The number of benzene rings is 3. The van der Waals surface area contributed by atoms with Gasteiger partial charge in [-0.15, -0.1) is 0 Å². The number of hydrogen-bond donors (Lipinski definition) is 2. The van der Waals surface area contributed by atoms with Crippen molar-refractivity contribution in [3.63, 3.8) is 0 Å². The Bertz CT molecular complexity index is 1320. The summed E-state index contributed by atoms with van der Waals surface area (Å²) in [5.41, 5.74) is 5.41. The molecule has 0 saturated heterocycles. The Labute approximate surface area is 225 Å². The number of nitrogens with one attached hydrogen (secondary N) is 1. The first-order chi connectivity index (χ1) is 18.7. The summed E-state index contributed by atoms with van der Waals surface area (Å²) in [5, 5.41) is 13.2. The predicted octanol–water partition coefficient (Wildman–Crippen LogP) is 6.55. The lowest BCUT2D eigenvalue weighted by atomic mass is 9.83. The van der Waals surface area contributed by atoms with Crippen LogP contribution in [0.15, 0.2) is 78.9 Å². The van der Waals surface area contributed by atoms with Crippen LogP contribution >= 0.6 is 0 Å². The lowest BCUT2D eigenvalue weighted by Crippen LogP contribution is -2.37. The maximum atomic E-state index is 13.7. The number of carbonyl (C=O) groups is 1. The molecule has 5 heteroatoms. The molecule has 1 heterocycles. The van der Waals surface area contributed by atoms with Crippen molar-refractivity contribution in [3.8, 4) is 0 Å². The minimum atomic E-state index is -0.400. The van der Waals surface area contributed by atoms with Crippen molar-refractivity contribution >= 4 is 16.9 Å². The van der Waals surface area contributed by atoms with Crippen molar-refractivity contribution in [1.82, 2.24) is 14.9 Å². The van der Waals surface area contributed by atoms with E-state index in [1.54, 1.807) is 0 Å². The molecule has 5 nitrogen and oxygen atoms in total. The highest BCUT2D eigenvalue weighted by Crippen LogP contribution is 2.38. The molecule has 1 aromatic heterocycles. The fourth-order valence-corrected chi connectivity index (χ4v) is 5.95. The molecule has 1 amide bonds. The summed E-state index contributed by atoms with van der Waals surface area (Å²) in [6, 6.07) is 26.3. The molecule has 1 unspecified atom stereocenters. The minimum Gasteiger partial charge on any atom is -0.394 e. The fourth-order valence-electron chi connectivity index (χ4n) is 5.95. The number of aliphatic hydroxyl groups excluding tert-OH is 1. The summed E-state index contributed by atoms with van der Waals surface area (Å²) in [5.74, 6) is 1.26. The van der Waals surface area contributed by atoms with Crippen LogP contribution in [0.25, 0.3) is 11.0 Å². The number of rotatable bonds is 11. The second-order valence-corrected chi connectivity index (χ2v) is 10.6. The van der Waals surface area contributed by atoms with Crippen LogP contribution in [0.2, 0.25) is 0 Å².